The third kappa shape index (κ3) is 5.11. The Morgan fingerprint density at radius 3 is 2.49 bits per heavy atom. The van der Waals surface area contributed by atoms with Crippen LogP contribution in [0.1, 0.15) is 59.4 Å². The number of likely N-dealkylation sites (tertiary alicyclic amines) is 1. The molecule has 1 aromatic carbocycles. The SMILES string of the molecule is C=CC(=O)N1CC(/C=[N+]2\N=Cc3c(N4CC(C)N[C@@H](C)C4)cc(S(=O)(=O)NC4(C)CC4)cc32)CC1(C)C. The van der Waals surface area contributed by atoms with Gasteiger partial charge in [-0.1, -0.05) is 11.3 Å². The molecule has 9 nitrogen and oxygen atoms in total. The summed E-state index contributed by atoms with van der Waals surface area (Å²) in [5, 5.41) is 8.23. The molecule has 37 heavy (non-hydrogen) atoms. The normalized spacial score (nSPS) is 29.0. The van der Waals surface area contributed by atoms with E-state index in [1.165, 1.54) is 6.08 Å². The van der Waals surface area contributed by atoms with Crippen molar-refractivity contribution < 1.29 is 17.9 Å². The smallest absolute Gasteiger partial charge is 0.250 e. The Bertz CT molecular complexity index is 1290. The first kappa shape index (κ1) is 26.1. The highest BCUT2D eigenvalue weighted by molar-refractivity contribution is 7.89. The minimum Gasteiger partial charge on any atom is -0.368 e. The van der Waals surface area contributed by atoms with Gasteiger partial charge in [0, 0.05) is 48.9 Å². The van der Waals surface area contributed by atoms with Gasteiger partial charge in [-0.2, -0.15) is 0 Å². The molecule has 4 aliphatic rings. The quantitative estimate of drug-likeness (QED) is 0.438. The average molecular weight is 528 g/mol. The minimum absolute atomic E-state index is 0.0773. The molecule has 3 heterocycles. The maximum Gasteiger partial charge on any atom is 0.250 e. The first-order valence-electron chi connectivity index (χ1n) is 13.2. The summed E-state index contributed by atoms with van der Waals surface area (Å²) in [4.78, 5) is 16.8. The van der Waals surface area contributed by atoms with E-state index in [1.54, 1.807) is 16.8 Å². The second kappa shape index (κ2) is 9.03. The first-order chi connectivity index (χ1) is 17.3. The highest BCUT2D eigenvalue weighted by atomic mass is 32.2. The predicted octanol–water partition coefficient (Wildman–Crippen LogP) is 2.58. The molecule has 1 saturated carbocycles. The second-order valence-corrected chi connectivity index (χ2v) is 13.8. The van der Waals surface area contributed by atoms with Gasteiger partial charge in [0.05, 0.1) is 22.1 Å². The van der Waals surface area contributed by atoms with Gasteiger partial charge < -0.3 is 15.1 Å². The van der Waals surface area contributed by atoms with E-state index < -0.39 is 10.0 Å². The van der Waals surface area contributed by atoms with E-state index in [-0.39, 0.29) is 39.9 Å². The lowest BCUT2D eigenvalue weighted by Gasteiger charge is -2.38. The first-order valence-corrected chi connectivity index (χ1v) is 14.6. The molecule has 10 heteroatoms. The van der Waals surface area contributed by atoms with Crippen LogP contribution in [-0.2, 0) is 14.8 Å². The molecule has 0 radical (unpaired) electrons. The summed E-state index contributed by atoms with van der Waals surface area (Å²) >= 11 is 0. The van der Waals surface area contributed by atoms with Gasteiger partial charge in [0.1, 0.15) is 6.21 Å². The number of rotatable bonds is 6. The van der Waals surface area contributed by atoms with Gasteiger partial charge in [0.2, 0.25) is 21.6 Å². The van der Waals surface area contributed by atoms with Crippen LogP contribution in [0, 0.1) is 5.92 Å². The maximum absolute atomic E-state index is 13.5. The van der Waals surface area contributed by atoms with Crippen molar-refractivity contribution in [1.29, 1.82) is 0 Å². The number of piperazine rings is 1. The summed E-state index contributed by atoms with van der Waals surface area (Å²) in [6, 6.07) is 4.09. The Labute approximate surface area is 220 Å². The van der Waals surface area contributed by atoms with Crippen molar-refractivity contribution in [3.05, 3.63) is 30.4 Å². The number of sulfonamides is 1. The van der Waals surface area contributed by atoms with Crippen molar-refractivity contribution in [2.75, 3.05) is 24.5 Å². The van der Waals surface area contributed by atoms with Crippen LogP contribution in [0.2, 0.25) is 0 Å². The Hall–Kier alpha value is -2.56. The van der Waals surface area contributed by atoms with Crippen molar-refractivity contribution in [1.82, 2.24) is 14.9 Å². The highest BCUT2D eigenvalue weighted by Gasteiger charge is 2.44. The van der Waals surface area contributed by atoms with E-state index in [2.05, 4.69) is 54.3 Å². The number of hydrazone groups is 1. The molecule has 3 fully saturated rings. The molecule has 1 aromatic rings. The monoisotopic (exact) mass is 527 g/mol. The van der Waals surface area contributed by atoms with Crippen LogP contribution in [0.4, 0.5) is 11.4 Å². The molecule has 200 valence electrons. The Balaban J connectivity index is 1.55. The number of carbonyl (C=O) groups excluding carboxylic acids is 1. The molecule has 3 atom stereocenters. The second-order valence-electron chi connectivity index (χ2n) is 12.1. The van der Waals surface area contributed by atoms with Gasteiger partial charge in [-0.3, -0.25) is 4.79 Å². The maximum atomic E-state index is 13.5. The van der Waals surface area contributed by atoms with Crippen molar-refractivity contribution in [2.45, 2.75) is 81.9 Å². The molecule has 0 spiro atoms. The van der Waals surface area contributed by atoms with Crippen LogP contribution in [0.25, 0.3) is 0 Å². The van der Waals surface area contributed by atoms with Gasteiger partial charge in [-0.25, -0.2) is 13.1 Å². The van der Waals surface area contributed by atoms with Crippen LogP contribution in [0.5, 0.6) is 0 Å². The average Bonchev–Trinajstić information content (AvgIpc) is 3.25. The van der Waals surface area contributed by atoms with Crippen LogP contribution in [0.3, 0.4) is 0 Å². The zero-order valence-corrected chi connectivity index (χ0v) is 23.3. The zero-order valence-electron chi connectivity index (χ0n) is 22.5. The van der Waals surface area contributed by atoms with E-state index in [0.717, 1.165) is 49.3 Å². The van der Waals surface area contributed by atoms with Gasteiger partial charge >= 0.3 is 0 Å². The predicted molar refractivity (Wildman–Crippen MR) is 146 cm³/mol. The number of hydrogen-bond donors (Lipinski definition) is 2. The highest BCUT2D eigenvalue weighted by Crippen LogP contribution is 2.40. The third-order valence-corrected chi connectivity index (χ3v) is 9.58. The Kier molecular flexibility index (Phi) is 6.36. The largest absolute Gasteiger partial charge is 0.368 e. The number of amides is 1. The summed E-state index contributed by atoms with van der Waals surface area (Å²) in [5.41, 5.74) is 1.89. The summed E-state index contributed by atoms with van der Waals surface area (Å²) in [6.07, 6.45) is 7.69. The summed E-state index contributed by atoms with van der Waals surface area (Å²) in [5.74, 6) is -0.00285. The van der Waals surface area contributed by atoms with E-state index in [1.807, 2.05) is 24.3 Å². The summed E-state index contributed by atoms with van der Waals surface area (Å²) in [7, 11) is -3.71. The topological polar surface area (TPSA) is 97.1 Å². The molecule has 1 aliphatic carbocycles. The van der Waals surface area contributed by atoms with E-state index in [9.17, 15) is 13.2 Å². The minimum atomic E-state index is -3.71. The van der Waals surface area contributed by atoms with Gasteiger partial charge in [-0.15, -0.1) is 0 Å². The number of hydrogen-bond acceptors (Lipinski definition) is 6. The molecule has 3 aliphatic heterocycles. The number of nitrogens with zero attached hydrogens (tertiary/aromatic N) is 4. The molecule has 0 bridgehead atoms. The van der Waals surface area contributed by atoms with Gasteiger partial charge in [-0.05, 0) is 71.1 Å². The zero-order chi connectivity index (χ0) is 26.8. The standard InChI is InChI=1S/C27H39N6O3S/c1-7-25(34)32-16-20(12-26(32,4)5)17-33-24-11-21(37(35,36)30-27(6)8-9-27)10-23(22(24)13-28-33)31-14-18(2)29-19(3)15-31/h7,10-11,13,17-20,29-30H,1,8-9,12,14-16H2,2-6H3/q+1/b33-17-/t18-,19?,20?/m0/s1. The fraction of sp³-hybridized carbons (Fsp3) is 0.593. The molecule has 0 aromatic heterocycles. The van der Waals surface area contributed by atoms with Crippen molar-refractivity contribution in [3.63, 3.8) is 0 Å². The van der Waals surface area contributed by atoms with Crippen LogP contribution in [-0.4, -0.2) is 79.1 Å². The van der Waals surface area contributed by atoms with Gasteiger partial charge in [0.15, 0.2) is 6.21 Å². The Morgan fingerprint density at radius 2 is 1.86 bits per heavy atom. The molecule has 2 saturated heterocycles. The lowest BCUT2D eigenvalue weighted by Crippen LogP contribution is -2.54. The molecule has 2 unspecified atom stereocenters. The van der Waals surface area contributed by atoms with E-state index in [4.69, 9.17) is 0 Å². The number of nitrogens with one attached hydrogen (secondary N) is 2. The summed E-state index contributed by atoms with van der Waals surface area (Å²) in [6.45, 7) is 16.1. The molecular weight excluding hydrogens is 488 g/mol. The van der Waals surface area contributed by atoms with E-state index >= 15 is 0 Å². The van der Waals surface area contributed by atoms with Crippen LogP contribution in [0.15, 0.2) is 34.8 Å². The molecule has 2 N–H and O–H groups in total. The molecule has 1 amide bonds. The summed E-state index contributed by atoms with van der Waals surface area (Å²) < 4.78 is 31.7. The molecular formula is C27H39N6O3S+. The molecule has 5 rings (SSSR count). The van der Waals surface area contributed by atoms with Crippen molar-refractivity contribution in [2.24, 2.45) is 11.0 Å². The fourth-order valence-corrected chi connectivity index (χ4v) is 7.43. The van der Waals surface area contributed by atoms with Gasteiger partial charge in [0.25, 0.3) is 0 Å². The number of fused-ring (bicyclic) bond motifs is 1. The number of benzene rings is 1. The van der Waals surface area contributed by atoms with Crippen molar-refractivity contribution >= 4 is 39.7 Å². The Morgan fingerprint density at radius 1 is 1.19 bits per heavy atom. The number of anilines is 1. The third-order valence-electron chi connectivity index (χ3n) is 7.96. The number of carbonyl (C=O) groups is 1. The van der Waals surface area contributed by atoms with Crippen molar-refractivity contribution in [3.8, 4) is 0 Å². The lowest BCUT2D eigenvalue weighted by atomic mass is 9.97. The fourth-order valence-electron chi connectivity index (χ4n) is 5.93. The van der Waals surface area contributed by atoms with E-state index in [0.29, 0.717) is 6.54 Å². The van der Waals surface area contributed by atoms with Crippen LogP contribution < -0.4 is 14.9 Å². The lowest BCUT2D eigenvalue weighted by molar-refractivity contribution is -0.438. The van der Waals surface area contributed by atoms with Crippen LogP contribution >= 0.6 is 0 Å².